The van der Waals surface area contributed by atoms with Gasteiger partial charge in [-0.1, -0.05) is 30.3 Å². The number of carboxylic acids is 1. The highest BCUT2D eigenvalue weighted by atomic mass is 16.4. The normalized spacial score (nSPS) is 19.0. The molecule has 0 bridgehead atoms. The van der Waals surface area contributed by atoms with Gasteiger partial charge in [0.05, 0.1) is 5.92 Å². The van der Waals surface area contributed by atoms with Gasteiger partial charge in [0.1, 0.15) is 0 Å². The van der Waals surface area contributed by atoms with Gasteiger partial charge in [0, 0.05) is 18.7 Å². The average molecular weight is 335 g/mol. The van der Waals surface area contributed by atoms with E-state index in [-0.39, 0.29) is 12.5 Å². The van der Waals surface area contributed by atoms with Gasteiger partial charge in [-0.05, 0) is 60.1 Å². The Hall–Kier alpha value is -2.62. The summed E-state index contributed by atoms with van der Waals surface area (Å²) in [6, 6.07) is 13.5. The molecule has 1 aliphatic carbocycles. The van der Waals surface area contributed by atoms with Gasteiger partial charge < -0.3 is 10.0 Å². The van der Waals surface area contributed by atoms with Crippen LogP contribution in [0.5, 0.6) is 0 Å². The fraction of sp³-hybridized carbons (Fsp3) is 0.333. The predicted octanol–water partition coefficient (Wildman–Crippen LogP) is 3.39. The molecule has 128 valence electrons. The summed E-state index contributed by atoms with van der Waals surface area (Å²) in [6.07, 6.45) is 4.49. The van der Waals surface area contributed by atoms with Crippen molar-refractivity contribution in [2.45, 2.75) is 38.1 Å². The van der Waals surface area contributed by atoms with Gasteiger partial charge in [0.25, 0.3) is 5.91 Å². The Morgan fingerprint density at radius 1 is 0.960 bits per heavy atom. The molecule has 4 rings (SSSR count). The quantitative estimate of drug-likeness (QED) is 0.915. The molecule has 0 aromatic heterocycles. The van der Waals surface area contributed by atoms with Crippen molar-refractivity contribution in [3.05, 3.63) is 70.3 Å². The van der Waals surface area contributed by atoms with Crippen molar-refractivity contribution in [1.29, 1.82) is 0 Å². The number of carbonyl (C=O) groups is 2. The van der Waals surface area contributed by atoms with Gasteiger partial charge in [-0.3, -0.25) is 9.59 Å². The van der Waals surface area contributed by atoms with Crippen LogP contribution in [0, 0.1) is 0 Å². The molecule has 2 aliphatic rings. The zero-order chi connectivity index (χ0) is 17.4. The van der Waals surface area contributed by atoms with E-state index in [0.29, 0.717) is 12.1 Å². The minimum absolute atomic E-state index is 0.0749. The van der Waals surface area contributed by atoms with Crippen LogP contribution >= 0.6 is 0 Å². The van der Waals surface area contributed by atoms with Gasteiger partial charge in [-0.15, -0.1) is 0 Å². The molecule has 2 aromatic rings. The first-order valence-corrected chi connectivity index (χ1v) is 8.85. The van der Waals surface area contributed by atoms with E-state index < -0.39 is 11.9 Å². The first-order valence-electron chi connectivity index (χ1n) is 8.85. The Labute approximate surface area is 147 Å². The van der Waals surface area contributed by atoms with Crippen molar-refractivity contribution in [2.24, 2.45) is 0 Å². The maximum absolute atomic E-state index is 13.0. The maximum Gasteiger partial charge on any atom is 0.312 e. The van der Waals surface area contributed by atoms with Crippen molar-refractivity contribution in [2.75, 3.05) is 6.54 Å². The summed E-state index contributed by atoms with van der Waals surface area (Å²) in [5.74, 6) is -1.61. The molecule has 0 fully saturated rings. The fourth-order valence-electron chi connectivity index (χ4n) is 4.02. The highest BCUT2D eigenvalue weighted by molar-refractivity contribution is 5.95. The van der Waals surface area contributed by atoms with Crippen molar-refractivity contribution in [3.8, 4) is 0 Å². The SMILES string of the molecule is O=C(O)C1CN(C(=O)c2ccc3c(c2)CCCC3)Cc2ccccc21. The lowest BCUT2D eigenvalue weighted by molar-refractivity contribution is -0.139. The van der Waals surface area contributed by atoms with Crippen molar-refractivity contribution < 1.29 is 14.7 Å². The molecule has 0 saturated carbocycles. The van der Waals surface area contributed by atoms with Crippen LogP contribution in [0.4, 0.5) is 0 Å². The number of nitrogens with zero attached hydrogens (tertiary/aromatic N) is 1. The number of fused-ring (bicyclic) bond motifs is 2. The smallest absolute Gasteiger partial charge is 0.312 e. The van der Waals surface area contributed by atoms with Gasteiger partial charge in [0.2, 0.25) is 0 Å². The summed E-state index contributed by atoms with van der Waals surface area (Å²) >= 11 is 0. The van der Waals surface area contributed by atoms with Crippen LogP contribution in [0.15, 0.2) is 42.5 Å². The van der Waals surface area contributed by atoms with Crippen molar-refractivity contribution in [1.82, 2.24) is 4.90 Å². The lowest BCUT2D eigenvalue weighted by atomic mass is 9.88. The van der Waals surface area contributed by atoms with E-state index in [1.165, 1.54) is 24.0 Å². The molecule has 1 unspecified atom stereocenters. The number of aryl methyl sites for hydroxylation is 2. The molecule has 1 amide bonds. The number of rotatable bonds is 2. The average Bonchev–Trinajstić information content (AvgIpc) is 2.66. The van der Waals surface area contributed by atoms with Crippen LogP contribution in [-0.4, -0.2) is 28.4 Å². The number of carboxylic acid groups (broad SMARTS) is 1. The van der Waals surface area contributed by atoms with E-state index in [2.05, 4.69) is 6.07 Å². The van der Waals surface area contributed by atoms with Gasteiger partial charge in [-0.25, -0.2) is 0 Å². The molecule has 1 aliphatic heterocycles. The molecule has 1 heterocycles. The topological polar surface area (TPSA) is 57.6 Å². The highest BCUT2D eigenvalue weighted by Crippen LogP contribution is 2.30. The Morgan fingerprint density at radius 3 is 2.52 bits per heavy atom. The minimum atomic E-state index is -0.879. The minimum Gasteiger partial charge on any atom is -0.481 e. The van der Waals surface area contributed by atoms with Gasteiger partial charge in [-0.2, -0.15) is 0 Å². The lowest BCUT2D eigenvalue weighted by Gasteiger charge is -2.33. The molecule has 2 aromatic carbocycles. The molecule has 0 spiro atoms. The number of carbonyl (C=O) groups excluding carboxylic acids is 1. The van der Waals surface area contributed by atoms with E-state index in [9.17, 15) is 14.7 Å². The van der Waals surface area contributed by atoms with Crippen LogP contribution in [-0.2, 0) is 24.2 Å². The van der Waals surface area contributed by atoms with Crippen LogP contribution in [0.3, 0.4) is 0 Å². The summed E-state index contributed by atoms with van der Waals surface area (Å²) in [5.41, 5.74) is 5.03. The summed E-state index contributed by atoms with van der Waals surface area (Å²) < 4.78 is 0. The summed E-state index contributed by atoms with van der Waals surface area (Å²) in [5, 5.41) is 9.58. The molecular weight excluding hydrogens is 314 g/mol. The van der Waals surface area contributed by atoms with E-state index in [0.717, 1.165) is 24.0 Å². The molecule has 0 saturated heterocycles. The molecule has 1 atom stereocenters. The zero-order valence-electron chi connectivity index (χ0n) is 14.1. The Kier molecular flexibility index (Phi) is 4.04. The third-order valence-electron chi connectivity index (χ3n) is 5.38. The predicted molar refractivity (Wildman–Crippen MR) is 94.6 cm³/mol. The first-order chi connectivity index (χ1) is 12.1. The number of hydrogen-bond donors (Lipinski definition) is 1. The number of aliphatic carboxylic acids is 1. The van der Waals surface area contributed by atoms with Crippen LogP contribution in [0.2, 0.25) is 0 Å². The first kappa shape index (κ1) is 15.9. The van der Waals surface area contributed by atoms with E-state index in [1.54, 1.807) is 4.90 Å². The largest absolute Gasteiger partial charge is 0.481 e. The maximum atomic E-state index is 13.0. The Bertz CT molecular complexity index is 843. The molecule has 25 heavy (non-hydrogen) atoms. The number of benzene rings is 2. The zero-order valence-corrected chi connectivity index (χ0v) is 14.1. The van der Waals surface area contributed by atoms with E-state index in [4.69, 9.17) is 0 Å². The fourth-order valence-corrected chi connectivity index (χ4v) is 4.02. The Morgan fingerprint density at radius 2 is 1.72 bits per heavy atom. The third-order valence-corrected chi connectivity index (χ3v) is 5.38. The van der Waals surface area contributed by atoms with Crippen molar-refractivity contribution >= 4 is 11.9 Å². The van der Waals surface area contributed by atoms with Crippen molar-refractivity contribution in [3.63, 3.8) is 0 Å². The molecule has 0 radical (unpaired) electrons. The molecule has 1 N–H and O–H groups in total. The van der Waals surface area contributed by atoms with Gasteiger partial charge in [0.15, 0.2) is 0 Å². The second-order valence-electron chi connectivity index (χ2n) is 6.97. The van der Waals surface area contributed by atoms with E-state index >= 15 is 0 Å². The molecular formula is C21H21NO3. The van der Waals surface area contributed by atoms with Crippen LogP contribution in [0.25, 0.3) is 0 Å². The highest BCUT2D eigenvalue weighted by Gasteiger charge is 2.32. The second kappa shape index (κ2) is 6.36. The third kappa shape index (κ3) is 2.93. The molecule has 4 nitrogen and oxygen atoms in total. The van der Waals surface area contributed by atoms with Gasteiger partial charge >= 0.3 is 5.97 Å². The summed E-state index contributed by atoms with van der Waals surface area (Å²) in [6.45, 7) is 0.693. The number of amides is 1. The van der Waals surface area contributed by atoms with Crippen LogP contribution < -0.4 is 0 Å². The number of hydrogen-bond acceptors (Lipinski definition) is 2. The standard InChI is InChI=1S/C21H21NO3/c23-20(16-10-9-14-5-1-2-6-15(14)11-16)22-12-17-7-3-4-8-18(17)19(13-22)21(24)25/h3-4,7-11,19H,1-2,5-6,12-13H2,(H,24,25). The Balaban J connectivity index is 1.64. The summed E-state index contributed by atoms with van der Waals surface area (Å²) in [7, 11) is 0. The lowest BCUT2D eigenvalue weighted by Crippen LogP contribution is -2.40. The second-order valence-corrected chi connectivity index (χ2v) is 6.97. The summed E-state index contributed by atoms with van der Waals surface area (Å²) in [4.78, 5) is 26.3. The van der Waals surface area contributed by atoms with Crippen LogP contribution in [0.1, 0.15) is 51.4 Å². The molecule has 4 heteroatoms. The van der Waals surface area contributed by atoms with E-state index in [1.807, 2.05) is 36.4 Å². The monoisotopic (exact) mass is 335 g/mol.